The number of carboxylic acid groups (broad SMARTS) is 1. The van der Waals surface area contributed by atoms with Crippen LogP contribution in [0, 0.1) is 5.92 Å². The van der Waals surface area contributed by atoms with Gasteiger partial charge in [0.05, 0.1) is 17.9 Å². The summed E-state index contributed by atoms with van der Waals surface area (Å²) >= 11 is 0. The van der Waals surface area contributed by atoms with Crippen LogP contribution < -0.4 is 5.73 Å². The van der Waals surface area contributed by atoms with Crippen LogP contribution in [0.15, 0.2) is 0 Å². The molecule has 0 aromatic carbocycles. The first-order valence-electron chi connectivity index (χ1n) is 4.08. The predicted octanol–water partition coefficient (Wildman–Crippen LogP) is -0.777. The number of aliphatic carboxylic acids is 1. The molecule has 76 valence electrons. The molecule has 2 atom stereocenters. The van der Waals surface area contributed by atoms with Gasteiger partial charge < -0.3 is 10.8 Å². The number of hydrogen-bond donors (Lipinski definition) is 2. The van der Waals surface area contributed by atoms with Crippen LogP contribution >= 0.6 is 0 Å². The van der Waals surface area contributed by atoms with Crippen molar-refractivity contribution in [3.8, 4) is 0 Å². The highest BCUT2D eigenvalue weighted by Crippen LogP contribution is 2.22. The monoisotopic (exact) mass is 207 g/mol. The smallest absolute Gasteiger partial charge is 0.304 e. The molecule has 0 aromatic rings. The highest BCUT2D eigenvalue weighted by Gasteiger charge is 2.32. The van der Waals surface area contributed by atoms with E-state index in [-0.39, 0.29) is 23.8 Å². The Hall–Kier alpha value is -0.620. The zero-order chi connectivity index (χ0) is 10.1. The van der Waals surface area contributed by atoms with Crippen molar-refractivity contribution in [2.45, 2.75) is 18.9 Å². The van der Waals surface area contributed by atoms with Gasteiger partial charge in [0.1, 0.15) is 0 Å². The van der Waals surface area contributed by atoms with Crippen LogP contribution in [-0.2, 0) is 14.6 Å². The number of sulfone groups is 1. The summed E-state index contributed by atoms with van der Waals surface area (Å²) in [5.41, 5.74) is 5.56. The van der Waals surface area contributed by atoms with Crippen LogP contribution in [0.4, 0.5) is 0 Å². The summed E-state index contributed by atoms with van der Waals surface area (Å²) < 4.78 is 22.1. The van der Waals surface area contributed by atoms with Gasteiger partial charge in [0, 0.05) is 6.04 Å². The highest BCUT2D eigenvalue weighted by molar-refractivity contribution is 7.91. The van der Waals surface area contributed by atoms with Crippen molar-refractivity contribution in [1.82, 2.24) is 0 Å². The Balaban J connectivity index is 2.51. The lowest BCUT2D eigenvalue weighted by Crippen LogP contribution is -2.33. The minimum absolute atomic E-state index is 0.0431. The van der Waals surface area contributed by atoms with Gasteiger partial charge in [-0.05, 0) is 12.3 Å². The number of rotatable bonds is 3. The van der Waals surface area contributed by atoms with Gasteiger partial charge in [-0.3, -0.25) is 4.79 Å². The Morgan fingerprint density at radius 2 is 2.23 bits per heavy atom. The fraction of sp³-hybridized carbons (Fsp3) is 0.857. The molecule has 6 heteroatoms. The quantitative estimate of drug-likeness (QED) is 0.633. The summed E-state index contributed by atoms with van der Waals surface area (Å²) in [4.78, 5) is 10.3. The summed E-state index contributed by atoms with van der Waals surface area (Å²) in [7, 11) is -2.95. The van der Waals surface area contributed by atoms with Gasteiger partial charge in [0.2, 0.25) is 0 Å². The molecule has 0 amide bonds. The molecule has 5 nitrogen and oxygen atoms in total. The van der Waals surface area contributed by atoms with Gasteiger partial charge in [-0.25, -0.2) is 8.42 Å². The van der Waals surface area contributed by atoms with E-state index in [1.165, 1.54) is 0 Å². The molecule has 0 aromatic heterocycles. The Kier molecular flexibility index (Phi) is 2.92. The first-order chi connectivity index (χ1) is 5.91. The molecule has 1 aliphatic heterocycles. The minimum Gasteiger partial charge on any atom is -0.481 e. The van der Waals surface area contributed by atoms with Gasteiger partial charge in [-0.1, -0.05) is 0 Å². The molecule has 0 radical (unpaired) electrons. The first kappa shape index (κ1) is 10.5. The third-order valence-corrected chi connectivity index (χ3v) is 4.08. The van der Waals surface area contributed by atoms with E-state index in [0.717, 1.165) is 0 Å². The van der Waals surface area contributed by atoms with Crippen molar-refractivity contribution in [3.63, 3.8) is 0 Å². The zero-order valence-corrected chi connectivity index (χ0v) is 7.96. The fourth-order valence-electron chi connectivity index (χ4n) is 1.53. The van der Waals surface area contributed by atoms with Crippen molar-refractivity contribution in [3.05, 3.63) is 0 Å². The van der Waals surface area contributed by atoms with Crippen molar-refractivity contribution in [2.24, 2.45) is 11.7 Å². The fourth-order valence-corrected chi connectivity index (χ4v) is 3.42. The molecule has 2 unspecified atom stereocenters. The molecule has 0 spiro atoms. The second-order valence-corrected chi connectivity index (χ2v) is 5.65. The molecular weight excluding hydrogens is 194 g/mol. The van der Waals surface area contributed by atoms with Crippen LogP contribution in [0.3, 0.4) is 0 Å². The number of carbonyl (C=O) groups is 1. The third-order valence-electron chi connectivity index (χ3n) is 2.28. The Morgan fingerprint density at radius 1 is 1.62 bits per heavy atom. The lowest BCUT2D eigenvalue weighted by atomic mass is 9.97. The molecule has 1 fully saturated rings. The lowest BCUT2D eigenvalue weighted by molar-refractivity contribution is -0.137. The Morgan fingerprint density at radius 3 is 2.62 bits per heavy atom. The normalized spacial score (nSPS) is 28.5. The summed E-state index contributed by atoms with van der Waals surface area (Å²) in [6.45, 7) is 0. The van der Waals surface area contributed by atoms with E-state index in [9.17, 15) is 13.2 Å². The van der Waals surface area contributed by atoms with Gasteiger partial charge >= 0.3 is 5.97 Å². The maximum Gasteiger partial charge on any atom is 0.304 e. The van der Waals surface area contributed by atoms with Crippen molar-refractivity contribution in [1.29, 1.82) is 0 Å². The highest BCUT2D eigenvalue weighted by atomic mass is 32.2. The average molecular weight is 207 g/mol. The largest absolute Gasteiger partial charge is 0.481 e. The molecular formula is C7H13NO4S. The Labute approximate surface area is 76.8 Å². The standard InChI is InChI=1S/C7H13NO4S/c8-6(3-7(9)10)5-1-2-13(11,12)4-5/h5-6H,1-4,8H2,(H,9,10). The molecule has 13 heavy (non-hydrogen) atoms. The van der Waals surface area contributed by atoms with Crippen LogP contribution in [0.5, 0.6) is 0 Å². The number of hydrogen-bond acceptors (Lipinski definition) is 4. The van der Waals surface area contributed by atoms with Gasteiger partial charge in [0.15, 0.2) is 9.84 Å². The summed E-state index contributed by atoms with van der Waals surface area (Å²) in [6.07, 6.45) is 0.344. The van der Waals surface area contributed by atoms with Crippen molar-refractivity contribution < 1.29 is 18.3 Å². The predicted molar refractivity (Wildman–Crippen MR) is 47.0 cm³/mol. The molecule has 0 bridgehead atoms. The number of nitrogens with two attached hydrogens (primary N) is 1. The number of carboxylic acids is 1. The summed E-state index contributed by atoms with van der Waals surface area (Å²) in [5, 5.41) is 8.44. The van der Waals surface area contributed by atoms with E-state index in [2.05, 4.69) is 0 Å². The lowest BCUT2D eigenvalue weighted by Gasteiger charge is -2.14. The van der Waals surface area contributed by atoms with E-state index >= 15 is 0 Å². The van der Waals surface area contributed by atoms with Crippen LogP contribution in [0.2, 0.25) is 0 Å². The SMILES string of the molecule is NC(CC(=O)O)C1CCS(=O)(=O)C1. The Bertz CT molecular complexity index is 298. The van der Waals surface area contributed by atoms with Crippen LogP contribution in [0.1, 0.15) is 12.8 Å². The minimum atomic E-state index is -2.95. The second-order valence-electron chi connectivity index (χ2n) is 3.42. The maximum atomic E-state index is 11.0. The van der Waals surface area contributed by atoms with E-state index in [1.54, 1.807) is 0 Å². The van der Waals surface area contributed by atoms with Gasteiger partial charge in [-0.15, -0.1) is 0 Å². The summed E-state index contributed by atoms with van der Waals surface area (Å²) in [6, 6.07) is -0.533. The molecule has 3 N–H and O–H groups in total. The first-order valence-corrected chi connectivity index (χ1v) is 5.90. The average Bonchev–Trinajstić information content (AvgIpc) is 2.28. The molecule has 0 saturated carbocycles. The van der Waals surface area contributed by atoms with Crippen LogP contribution in [-0.4, -0.2) is 37.0 Å². The second kappa shape index (κ2) is 3.63. The summed E-state index contributed by atoms with van der Waals surface area (Å²) in [5.74, 6) is -0.968. The van der Waals surface area contributed by atoms with Gasteiger partial charge in [0.25, 0.3) is 0 Å². The van der Waals surface area contributed by atoms with E-state index in [1.807, 2.05) is 0 Å². The molecule has 1 saturated heterocycles. The topological polar surface area (TPSA) is 97.5 Å². The molecule has 0 aliphatic carbocycles. The maximum absolute atomic E-state index is 11.0. The van der Waals surface area contributed by atoms with Crippen molar-refractivity contribution in [2.75, 3.05) is 11.5 Å². The van der Waals surface area contributed by atoms with E-state index in [0.29, 0.717) is 6.42 Å². The van der Waals surface area contributed by atoms with E-state index in [4.69, 9.17) is 10.8 Å². The molecule has 1 heterocycles. The molecule has 1 aliphatic rings. The zero-order valence-electron chi connectivity index (χ0n) is 7.14. The van der Waals surface area contributed by atoms with E-state index < -0.39 is 21.8 Å². The van der Waals surface area contributed by atoms with Crippen molar-refractivity contribution >= 4 is 15.8 Å². The van der Waals surface area contributed by atoms with Gasteiger partial charge in [-0.2, -0.15) is 0 Å². The third kappa shape index (κ3) is 2.96. The molecule has 1 rings (SSSR count). The van der Waals surface area contributed by atoms with Crippen LogP contribution in [0.25, 0.3) is 0 Å².